The van der Waals surface area contributed by atoms with E-state index < -0.39 is 0 Å². The summed E-state index contributed by atoms with van der Waals surface area (Å²) in [6.45, 7) is 13.2. The van der Waals surface area contributed by atoms with Crippen LogP contribution in [0.5, 0.6) is 0 Å². The predicted molar refractivity (Wildman–Crippen MR) is 103 cm³/mol. The predicted octanol–water partition coefficient (Wildman–Crippen LogP) is 4.78. The van der Waals surface area contributed by atoms with Gasteiger partial charge in [0.25, 0.3) is 0 Å². The lowest BCUT2D eigenvalue weighted by Crippen LogP contribution is -2.22. The van der Waals surface area contributed by atoms with Crippen molar-refractivity contribution in [3.63, 3.8) is 0 Å². The fraction of sp³-hybridized carbons (Fsp3) is 0.300. The molecule has 1 saturated heterocycles. The second-order valence-corrected chi connectivity index (χ2v) is 5.63. The molecule has 2 heterocycles. The number of hydrogen-bond acceptors (Lipinski definition) is 4. The van der Waals surface area contributed by atoms with Crippen molar-refractivity contribution in [3.8, 4) is 0 Å². The monoisotopic (exact) mass is 323 g/mol. The first-order valence-electron chi connectivity index (χ1n) is 8.26. The molecule has 1 aromatic rings. The van der Waals surface area contributed by atoms with Gasteiger partial charge in [0.05, 0.1) is 11.3 Å². The van der Waals surface area contributed by atoms with Crippen LogP contribution >= 0.6 is 0 Å². The van der Waals surface area contributed by atoms with Crippen LogP contribution in [0.15, 0.2) is 43.2 Å². The third-order valence-electron chi connectivity index (χ3n) is 3.85. The number of aliphatic hydroxyl groups is 1. The molecule has 4 heteroatoms. The van der Waals surface area contributed by atoms with E-state index in [4.69, 9.17) is 4.98 Å². The number of aromatic nitrogens is 2. The Morgan fingerprint density at radius 3 is 2.33 bits per heavy atom. The highest BCUT2D eigenvalue weighted by molar-refractivity contribution is 5.78. The van der Waals surface area contributed by atoms with E-state index in [1.165, 1.54) is 0 Å². The van der Waals surface area contributed by atoms with Gasteiger partial charge >= 0.3 is 0 Å². The second kappa shape index (κ2) is 8.29. The minimum absolute atomic E-state index is 0.0625. The summed E-state index contributed by atoms with van der Waals surface area (Å²) in [5.74, 6) is 1.30. The van der Waals surface area contributed by atoms with Crippen molar-refractivity contribution < 1.29 is 5.11 Å². The largest absolute Gasteiger partial charge is 0.508 e. The average molecular weight is 323 g/mol. The van der Waals surface area contributed by atoms with Crippen LogP contribution in [0.4, 0.5) is 5.82 Å². The molecule has 0 saturated carbocycles. The van der Waals surface area contributed by atoms with E-state index in [0.717, 1.165) is 43.0 Å². The number of aliphatic hydroxyl groups excluding tert-OH is 1. The lowest BCUT2D eigenvalue weighted by molar-refractivity contribution is 0.440. The summed E-state index contributed by atoms with van der Waals surface area (Å²) in [6.07, 6.45) is 13.6. The highest BCUT2D eigenvalue weighted by Crippen LogP contribution is 2.29. The van der Waals surface area contributed by atoms with Crippen molar-refractivity contribution in [2.75, 3.05) is 18.0 Å². The van der Waals surface area contributed by atoms with Crippen LogP contribution < -0.4 is 4.90 Å². The first kappa shape index (κ1) is 17.7. The van der Waals surface area contributed by atoms with Crippen LogP contribution in [-0.4, -0.2) is 28.2 Å². The van der Waals surface area contributed by atoms with Crippen LogP contribution in [0.25, 0.3) is 17.7 Å². The Bertz CT molecular complexity index is 708. The average Bonchev–Trinajstić information content (AvgIpc) is 3.08. The van der Waals surface area contributed by atoms with Gasteiger partial charge in [-0.2, -0.15) is 0 Å². The van der Waals surface area contributed by atoms with Crippen molar-refractivity contribution >= 4 is 23.5 Å². The zero-order valence-corrected chi connectivity index (χ0v) is 14.5. The van der Waals surface area contributed by atoms with Crippen molar-refractivity contribution in [2.45, 2.75) is 26.7 Å². The quantitative estimate of drug-likeness (QED) is 0.604. The third kappa shape index (κ3) is 3.82. The summed E-state index contributed by atoms with van der Waals surface area (Å²) < 4.78 is 0. The molecule has 0 radical (unpaired) electrons. The van der Waals surface area contributed by atoms with Crippen LogP contribution in [0.2, 0.25) is 0 Å². The minimum atomic E-state index is -0.0625. The molecule has 0 unspecified atom stereocenters. The van der Waals surface area contributed by atoms with Crippen LogP contribution in [-0.2, 0) is 0 Å². The lowest BCUT2D eigenvalue weighted by Gasteiger charge is -2.21. The van der Waals surface area contributed by atoms with E-state index >= 15 is 0 Å². The van der Waals surface area contributed by atoms with Crippen molar-refractivity contribution in [1.82, 2.24) is 9.97 Å². The summed E-state index contributed by atoms with van der Waals surface area (Å²) in [5.41, 5.74) is 2.32. The maximum atomic E-state index is 9.91. The van der Waals surface area contributed by atoms with Gasteiger partial charge in [-0.15, -0.1) is 0 Å². The lowest BCUT2D eigenvalue weighted by atomic mass is 10.1. The molecule has 24 heavy (non-hydrogen) atoms. The van der Waals surface area contributed by atoms with Gasteiger partial charge in [0, 0.05) is 18.7 Å². The van der Waals surface area contributed by atoms with E-state index in [2.05, 4.69) is 23.0 Å². The molecule has 0 spiro atoms. The fourth-order valence-electron chi connectivity index (χ4n) is 2.79. The number of hydrogen-bond donors (Lipinski definition) is 1. The topological polar surface area (TPSA) is 49.3 Å². The highest BCUT2D eigenvalue weighted by Gasteiger charge is 2.21. The van der Waals surface area contributed by atoms with Gasteiger partial charge < -0.3 is 10.0 Å². The summed E-state index contributed by atoms with van der Waals surface area (Å²) in [7, 11) is 0. The normalized spacial score (nSPS) is 15.6. The van der Waals surface area contributed by atoms with Crippen molar-refractivity contribution in [2.24, 2.45) is 0 Å². The fourth-order valence-corrected chi connectivity index (χ4v) is 2.79. The maximum Gasteiger partial charge on any atom is 0.165 e. The molecule has 1 aliphatic rings. The molecular weight excluding hydrogens is 298 g/mol. The molecule has 1 aliphatic heterocycles. The van der Waals surface area contributed by atoms with Crippen molar-refractivity contribution in [1.29, 1.82) is 0 Å². The van der Waals surface area contributed by atoms with Gasteiger partial charge in [-0.25, -0.2) is 9.97 Å². The second-order valence-electron chi connectivity index (χ2n) is 5.63. The van der Waals surface area contributed by atoms with Gasteiger partial charge in [-0.1, -0.05) is 37.5 Å². The standard InChI is InChI=1S/C20H25N3O/c1-5-10-16(15(4)24)19-21-18(12-7-3)17(11-6-2)20(22-19)23-13-8-9-14-23/h5-7,10-12,24H,1,4,8-9,13-14H2,2-3H3/b11-6-,12-7-,16-10+. The van der Waals surface area contributed by atoms with E-state index in [1.54, 1.807) is 12.2 Å². The molecule has 1 aromatic heterocycles. The number of rotatable bonds is 6. The molecule has 2 rings (SSSR count). The molecule has 1 N–H and O–H groups in total. The zero-order valence-electron chi connectivity index (χ0n) is 14.5. The molecule has 0 amide bonds. The van der Waals surface area contributed by atoms with Crippen LogP contribution in [0.3, 0.4) is 0 Å². The van der Waals surface area contributed by atoms with E-state index in [0.29, 0.717) is 11.4 Å². The Kier molecular flexibility index (Phi) is 6.13. The Morgan fingerprint density at radius 2 is 1.79 bits per heavy atom. The summed E-state index contributed by atoms with van der Waals surface area (Å²) in [5, 5.41) is 9.91. The molecule has 0 aromatic carbocycles. The Morgan fingerprint density at radius 1 is 1.12 bits per heavy atom. The van der Waals surface area contributed by atoms with Gasteiger partial charge in [0.2, 0.25) is 0 Å². The molecule has 1 fully saturated rings. The molecule has 0 atom stereocenters. The summed E-state index contributed by atoms with van der Waals surface area (Å²) in [6, 6.07) is 0. The molecule has 4 nitrogen and oxygen atoms in total. The maximum absolute atomic E-state index is 9.91. The number of nitrogens with zero attached hydrogens (tertiary/aromatic N) is 3. The Hall–Kier alpha value is -2.62. The first-order chi connectivity index (χ1) is 11.6. The molecule has 0 bridgehead atoms. The number of anilines is 1. The van der Waals surface area contributed by atoms with E-state index in [1.807, 2.05) is 38.2 Å². The minimum Gasteiger partial charge on any atom is -0.508 e. The molecule has 126 valence electrons. The smallest absolute Gasteiger partial charge is 0.165 e. The zero-order chi connectivity index (χ0) is 17.5. The SMILES string of the molecule is C=C/C=C(\C(=C)O)c1nc(/C=C\C)c(/C=C\C)c(N2CCCC2)n1. The highest BCUT2D eigenvalue weighted by atomic mass is 16.3. The molecular formula is C20H25N3O. The van der Waals surface area contributed by atoms with E-state index in [9.17, 15) is 5.11 Å². The van der Waals surface area contributed by atoms with Gasteiger partial charge in [0.1, 0.15) is 11.6 Å². The third-order valence-corrected chi connectivity index (χ3v) is 3.85. The van der Waals surface area contributed by atoms with Gasteiger partial charge in [-0.05, 0) is 38.8 Å². The van der Waals surface area contributed by atoms with Gasteiger partial charge in [0.15, 0.2) is 5.82 Å². The summed E-state index contributed by atoms with van der Waals surface area (Å²) >= 11 is 0. The van der Waals surface area contributed by atoms with Gasteiger partial charge in [-0.3, -0.25) is 0 Å². The number of allylic oxidation sites excluding steroid dienone is 5. The first-order valence-corrected chi connectivity index (χ1v) is 8.26. The summed E-state index contributed by atoms with van der Waals surface area (Å²) in [4.78, 5) is 11.7. The molecule has 0 aliphatic carbocycles. The Balaban J connectivity index is 2.71. The Labute approximate surface area is 144 Å². The van der Waals surface area contributed by atoms with E-state index in [-0.39, 0.29) is 5.76 Å². The van der Waals surface area contributed by atoms with Crippen LogP contribution in [0.1, 0.15) is 43.8 Å². The van der Waals surface area contributed by atoms with Crippen LogP contribution in [0, 0.1) is 0 Å². The van der Waals surface area contributed by atoms with Crippen molar-refractivity contribution in [3.05, 3.63) is 60.3 Å².